The average Bonchev–Trinajstić information content (AvgIpc) is 2.38. The first-order chi connectivity index (χ1) is 9.11. The first-order valence-electron chi connectivity index (χ1n) is 6.84. The molecule has 0 fully saturated rings. The highest BCUT2D eigenvalue weighted by molar-refractivity contribution is 5.76. The van der Waals surface area contributed by atoms with Gasteiger partial charge in [-0.3, -0.25) is 10.1 Å². The number of benzene rings is 1. The molecule has 5 heteroatoms. The van der Waals surface area contributed by atoms with Gasteiger partial charge in [-0.15, -0.1) is 0 Å². The molecule has 0 radical (unpaired) electrons. The second kappa shape index (κ2) is 7.61. The first-order valence-corrected chi connectivity index (χ1v) is 6.84. The molecule has 19 heavy (non-hydrogen) atoms. The number of rotatable bonds is 8. The summed E-state index contributed by atoms with van der Waals surface area (Å²) in [7, 11) is 1.91. The smallest absolute Gasteiger partial charge is 0.315 e. The monoisotopic (exact) mass is 265 g/mol. The molecule has 1 aromatic rings. The van der Waals surface area contributed by atoms with Crippen LogP contribution in [-0.4, -0.2) is 25.1 Å². The summed E-state index contributed by atoms with van der Waals surface area (Å²) in [5.41, 5.74) is 1.44. The lowest BCUT2D eigenvalue weighted by Gasteiger charge is -2.20. The van der Waals surface area contributed by atoms with Gasteiger partial charge >= 0.3 is 5.69 Å². The lowest BCUT2D eigenvalue weighted by Crippen LogP contribution is -2.20. The maximum Gasteiger partial charge on any atom is 0.315 e. The Morgan fingerprint density at radius 3 is 2.63 bits per heavy atom. The van der Waals surface area contributed by atoms with E-state index in [-0.39, 0.29) is 10.6 Å². The Balaban J connectivity index is 2.98. The van der Waals surface area contributed by atoms with E-state index in [1.54, 1.807) is 6.07 Å². The van der Waals surface area contributed by atoms with Crippen LogP contribution >= 0.6 is 0 Å². The quantitative estimate of drug-likeness (QED) is 0.443. The van der Waals surface area contributed by atoms with E-state index < -0.39 is 0 Å². The molecule has 0 bridgehead atoms. The van der Waals surface area contributed by atoms with Crippen molar-refractivity contribution in [2.24, 2.45) is 0 Å². The van der Waals surface area contributed by atoms with Crippen LogP contribution < -0.4 is 10.2 Å². The Morgan fingerprint density at radius 2 is 2.05 bits per heavy atom. The Kier molecular flexibility index (Phi) is 6.12. The maximum absolute atomic E-state index is 11.3. The van der Waals surface area contributed by atoms with Crippen molar-refractivity contribution in [3.05, 3.63) is 28.3 Å². The molecule has 0 aliphatic rings. The Hall–Kier alpha value is -1.78. The molecule has 1 rings (SSSR count). The predicted octanol–water partition coefficient (Wildman–Crippen LogP) is 3.65. The fourth-order valence-corrected chi connectivity index (χ4v) is 2.08. The zero-order chi connectivity index (χ0) is 14.3. The van der Waals surface area contributed by atoms with Crippen LogP contribution in [0.15, 0.2) is 18.2 Å². The Labute approximate surface area is 114 Å². The van der Waals surface area contributed by atoms with E-state index in [2.05, 4.69) is 12.2 Å². The lowest BCUT2D eigenvalue weighted by atomic mass is 10.2. The summed E-state index contributed by atoms with van der Waals surface area (Å²) in [5.74, 6) is 0. The van der Waals surface area contributed by atoms with Gasteiger partial charge in [-0.25, -0.2) is 0 Å². The number of nitro groups is 1. The van der Waals surface area contributed by atoms with Crippen molar-refractivity contribution >= 4 is 17.1 Å². The summed E-state index contributed by atoms with van der Waals surface area (Å²) in [6.45, 7) is 5.59. The minimum atomic E-state index is -0.302. The summed E-state index contributed by atoms with van der Waals surface area (Å²) in [6, 6.07) is 5.42. The van der Waals surface area contributed by atoms with Crippen LogP contribution in [0.5, 0.6) is 0 Å². The van der Waals surface area contributed by atoms with Crippen LogP contribution in [0.25, 0.3) is 0 Å². The molecule has 0 saturated heterocycles. The van der Waals surface area contributed by atoms with Gasteiger partial charge in [0.2, 0.25) is 0 Å². The van der Waals surface area contributed by atoms with Gasteiger partial charge in [0.25, 0.3) is 0 Å². The SMILES string of the molecule is CCCCCN(C)c1cccc(NCC)c1[N+](=O)[O-]. The number of anilines is 2. The highest BCUT2D eigenvalue weighted by Gasteiger charge is 2.21. The van der Waals surface area contributed by atoms with Crippen LogP contribution in [0, 0.1) is 10.1 Å². The molecule has 0 aromatic heterocycles. The van der Waals surface area contributed by atoms with Crippen LogP contribution in [0.2, 0.25) is 0 Å². The summed E-state index contributed by atoms with van der Waals surface area (Å²) in [6.07, 6.45) is 3.34. The van der Waals surface area contributed by atoms with Crippen molar-refractivity contribution in [3.8, 4) is 0 Å². The molecule has 0 heterocycles. The zero-order valence-corrected chi connectivity index (χ0v) is 12.0. The third-order valence-electron chi connectivity index (χ3n) is 3.07. The van der Waals surface area contributed by atoms with Crippen molar-refractivity contribution in [1.82, 2.24) is 0 Å². The largest absolute Gasteiger partial charge is 0.380 e. The van der Waals surface area contributed by atoms with Gasteiger partial charge in [0.15, 0.2) is 0 Å². The van der Waals surface area contributed by atoms with Crippen molar-refractivity contribution in [2.75, 3.05) is 30.4 Å². The molecule has 106 valence electrons. The van der Waals surface area contributed by atoms with Crippen LogP contribution in [-0.2, 0) is 0 Å². The molecule has 1 aromatic carbocycles. The zero-order valence-electron chi connectivity index (χ0n) is 12.0. The molecular formula is C14H23N3O2. The second-order valence-electron chi connectivity index (χ2n) is 4.59. The molecule has 0 atom stereocenters. The van der Waals surface area contributed by atoms with Gasteiger partial charge in [0, 0.05) is 20.1 Å². The van der Waals surface area contributed by atoms with Gasteiger partial charge in [-0.1, -0.05) is 25.8 Å². The van der Waals surface area contributed by atoms with Crippen LogP contribution in [0.3, 0.4) is 0 Å². The van der Waals surface area contributed by atoms with Gasteiger partial charge in [0.1, 0.15) is 11.4 Å². The molecular weight excluding hydrogens is 242 g/mol. The molecule has 0 unspecified atom stereocenters. The topological polar surface area (TPSA) is 58.4 Å². The van der Waals surface area contributed by atoms with E-state index in [4.69, 9.17) is 0 Å². The third-order valence-corrected chi connectivity index (χ3v) is 3.07. The molecule has 0 saturated carbocycles. The Bertz CT molecular complexity index is 421. The summed E-state index contributed by atoms with van der Waals surface area (Å²) >= 11 is 0. The van der Waals surface area contributed by atoms with E-state index >= 15 is 0 Å². The summed E-state index contributed by atoms with van der Waals surface area (Å²) < 4.78 is 0. The standard InChI is InChI=1S/C14H23N3O2/c1-4-6-7-11-16(3)13-10-8-9-12(15-5-2)14(13)17(18)19/h8-10,15H,4-7,11H2,1-3H3. The van der Waals surface area contributed by atoms with Crippen LogP contribution in [0.1, 0.15) is 33.1 Å². The molecule has 0 amide bonds. The molecule has 0 aliphatic carbocycles. The number of nitro benzene ring substituents is 1. The van der Waals surface area contributed by atoms with Gasteiger partial charge in [-0.05, 0) is 25.5 Å². The molecule has 0 spiro atoms. The first kappa shape index (κ1) is 15.3. The van der Waals surface area contributed by atoms with Gasteiger partial charge in [-0.2, -0.15) is 0 Å². The summed E-state index contributed by atoms with van der Waals surface area (Å²) in [4.78, 5) is 13.0. The number of nitrogens with zero attached hydrogens (tertiary/aromatic N) is 2. The van der Waals surface area contributed by atoms with E-state index in [9.17, 15) is 10.1 Å². The normalized spacial score (nSPS) is 10.3. The number of para-hydroxylation sites is 1. The summed E-state index contributed by atoms with van der Waals surface area (Å²) in [5, 5.41) is 14.3. The van der Waals surface area contributed by atoms with Crippen molar-refractivity contribution in [3.63, 3.8) is 0 Å². The lowest BCUT2D eigenvalue weighted by molar-refractivity contribution is -0.383. The molecule has 1 N–H and O–H groups in total. The van der Waals surface area contributed by atoms with Crippen LogP contribution in [0.4, 0.5) is 17.1 Å². The predicted molar refractivity (Wildman–Crippen MR) is 80.1 cm³/mol. The number of nitrogens with one attached hydrogen (secondary N) is 1. The van der Waals surface area contributed by atoms with Gasteiger partial charge in [0.05, 0.1) is 4.92 Å². The number of hydrogen-bond donors (Lipinski definition) is 1. The third kappa shape index (κ3) is 4.12. The van der Waals surface area contributed by atoms with Crippen molar-refractivity contribution < 1.29 is 4.92 Å². The number of unbranched alkanes of at least 4 members (excludes halogenated alkanes) is 2. The van der Waals surface area contributed by atoms with E-state index in [1.165, 1.54) is 0 Å². The maximum atomic E-state index is 11.3. The minimum absolute atomic E-state index is 0.170. The number of hydrogen-bond acceptors (Lipinski definition) is 4. The second-order valence-corrected chi connectivity index (χ2v) is 4.59. The van der Waals surface area contributed by atoms with Crippen molar-refractivity contribution in [1.29, 1.82) is 0 Å². The Morgan fingerprint density at radius 1 is 1.32 bits per heavy atom. The minimum Gasteiger partial charge on any atom is -0.380 e. The fourth-order valence-electron chi connectivity index (χ4n) is 2.08. The fraction of sp³-hybridized carbons (Fsp3) is 0.571. The van der Waals surface area contributed by atoms with E-state index in [1.807, 2.05) is 31.0 Å². The highest BCUT2D eigenvalue weighted by Crippen LogP contribution is 2.34. The average molecular weight is 265 g/mol. The molecule has 0 aliphatic heterocycles. The van der Waals surface area contributed by atoms with Crippen molar-refractivity contribution in [2.45, 2.75) is 33.1 Å². The highest BCUT2D eigenvalue weighted by atomic mass is 16.6. The van der Waals surface area contributed by atoms with E-state index in [0.717, 1.165) is 25.8 Å². The van der Waals surface area contributed by atoms with E-state index in [0.29, 0.717) is 17.9 Å². The van der Waals surface area contributed by atoms with Gasteiger partial charge < -0.3 is 10.2 Å². The molecule has 5 nitrogen and oxygen atoms in total.